The molecule has 10 heteroatoms. The Morgan fingerprint density at radius 1 is 1.21 bits per heavy atom. The van der Waals surface area contributed by atoms with E-state index in [0.717, 1.165) is 30.8 Å². The van der Waals surface area contributed by atoms with Gasteiger partial charge in [0.2, 0.25) is 15.8 Å². The summed E-state index contributed by atoms with van der Waals surface area (Å²) in [7, 11) is -3.77. The van der Waals surface area contributed by atoms with Crippen LogP contribution in [0, 0.1) is 13.8 Å². The van der Waals surface area contributed by atoms with Crippen molar-refractivity contribution in [2.24, 2.45) is 0 Å². The molecule has 1 N–H and O–H groups in total. The Kier molecular flexibility index (Phi) is 8.87. The van der Waals surface area contributed by atoms with Gasteiger partial charge in [-0.25, -0.2) is 13.1 Å². The number of ether oxygens (including phenoxy) is 3. The predicted octanol–water partition coefficient (Wildman–Crippen LogP) is 2.78. The molecule has 2 aromatic rings. The molecule has 9 nitrogen and oxygen atoms in total. The van der Waals surface area contributed by atoms with Gasteiger partial charge in [0.25, 0.3) is 0 Å². The van der Waals surface area contributed by atoms with E-state index < -0.39 is 22.6 Å². The second-order valence-corrected chi connectivity index (χ2v) is 9.93. The fourth-order valence-corrected chi connectivity index (χ4v) is 4.94. The Morgan fingerprint density at radius 3 is 2.59 bits per heavy atom. The number of Topliss-reactive ketones (excluding diaryl/α,β-unsaturated/α-hetero) is 1. The van der Waals surface area contributed by atoms with Gasteiger partial charge in [-0.3, -0.25) is 9.59 Å². The number of sulfonamides is 1. The molecule has 0 saturated carbocycles. The highest BCUT2D eigenvalue weighted by atomic mass is 32.2. The van der Waals surface area contributed by atoms with Gasteiger partial charge in [-0.05, 0) is 63.9 Å². The monoisotopic (exact) mass is 492 g/mol. The number of ketones is 1. The number of nitrogens with zero attached hydrogens (tertiary/aromatic N) is 1. The Bertz CT molecular complexity index is 1100. The lowest BCUT2D eigenvalue weighted by molar-refractivity contribution is -0.142. The van der Waals surface area contributed by atoms with Gasteiger partial charge < -0.3 is 18.8 Å². The topological polar surface area (TPSA) is 113 Å². The van der Waals surface area contributed by atoms with Crippen molar-refractivity contribution in [3.8, 4) is 5.75 Å². The van der Waals surface area contributed by atoms with Crippen LogP contribution in [0.15, 0.2) is 35.2 Å². The van der Waals surface area contributed by atoms with Crippen molar-refractivity contribution in [1.29, 1.82) is 0 Å². The molecule has 3 rings (SSSR count). The molecule has 2 heterocycles. The Labute approximate surface area is 200 Å². The maximum absolute atomic E-state index is 12.6. The third kappa shape index (κ3) is 6.68. The fraction of sp³-hybridized carbons (Fsp3) is 0.500. The van der Waals surface area contributed by atoms with Crippen LogP contribution in [-0.4, -0.2) is 57.2 Å². The zero-order valence-electron chi connectivity index (χ0n) is 19.8. The number of hydrogen-bond donors (Lipinski definition) is 1. The summed E-state index contributed by atoms with van der Waals surface area (Å²) in [5, 5.41) is 0. The lowest BCUT2D eigenvalue weighted by Gasteiger charge is -2.14. The zero-order chi connectivity index (χ0) is 24.7. The van der Waals surface area contributed by atoms with Gasteiger partial charge in [0.1, 0.15) is 5.75 Å². The number of aryl methyl sites for hydroxylation is 1. The Hall–Kier alpha value is -2.69. The summed E-state index contributed by atoms with van der Waals surface area (Å²) in [6, 6.07) is 7.79. The van der Waals surface area contributed by atoms with Crippen LogP contribution in [0.5, 0.6) is 5.75 Å². The molecule has 1 fully saturated rings. The maximum Gasteiger partial charge on any atom is 0.307 e. The van der Waals surface area contributed by atoms with Crippen LogP contribution < -0.4 is 9.46 Å². The van der Waals surface area contributed by atoms with E-state index in [4.69, 9.17) is 14.2 Å². The first-order chi connectivity index (χ1) is 16.2. The minimum Gasteiger partial charge on any atom is -0.494 e. The number of benzene rings is 1. The van der Waals surface area contributed by atoms with Gasteiger partial charge in [-0.1, -0.05) is 0 Å². The Balaban J connectivity index is 1.46. The molecule has 0 aliphatic carbocycles. The Morgan fingerprint density at radius 2 is 1.94 bits per heavy atom. The van der Waals surface area contributed by atoms with Crippen LogP contribution in [0.1, 0.15) is 47.9 Å². The second kappa shape index (κ2) is 11.6. The standard InChI is InChI=1S/C24H32N2O7S/c1-4-31-19-7-9-21(10-8-19)34(29,30)25-12-11-24(28)33-16-23(27)22-14-17(2)26(18(22)3)15-20-6-5-13-32-20/h7-10,14,20,25H,4-6,11-13,15-16H2,1-3H3. The average Bonchev–Trinajstić information content (AvgIpc) is 3.42. The van der Waals surface area contributed by atoms with Gasteiger partial charge in [-0.15, -0.1) is 0 Å². The molecule has 0 amide bonds. The molecule has 0 bridgehead atoms. The van der Waals surface area contributed by atoms with Gasteiger partial charge in [0.05, 0.1) is 24.0 Å². The van der Waals surface area contributed by atoms with Crippen molar-refractivity contribution in [1.82, 2.24) is 9.29 Å². The second-order valence-electron chi connectivity index (χ2n) is 8.17. The maximum atomic E-state index is 12.6. The van der Waals surface area contributed by atoms with E-state index in [0.29, 0.717) is 24.5 Å². The van der Waals surface area contributed by atoms with Crippen LogP contribution in [0.3, 0.4) is 0 Å². The van der Waals surface area contributed by atoms with Crippen LogP contribution in [0.2, 0.25) is 0 Å². The molecule has 0 radical (unpaired) electrons. The molecule has 1 saturated heterocycles. The first-order valence-corrected chi connectivity index (χ1v) is 12.9. The van der Waals surface area contributed by atoms with Crippen molar-refractivity contribution < 1.29 is 32.2 Å². The van der Waals surface area contributed by atoms with E-state index in [-0.39, 0.29) is 29.7 Å². The summed E-state index contributed by atoms with van der Waals surface area (Å²) in [5.74, 6) is -0.381. The lowest BCUT2D eigenvalue weighted by Crippen LogP contribution is -2.27. The summed E-state index contributed by atoms with van der Waals surface area (Å²) in [4.78, 5) is 24.7. The summed E-state index contributed by atoms with van der Waals surface area (Å²) in [5.41, 5.74) is 2.28. The normalized spacial score (nSPS) is 15.9. The summed E-state index contributed by atoms with van der Waals surface area (Å²) >= 11 is 0. The molecule has 186 valence electrons. The summed E-state index contributed by atoms with van der Waals surface area (Å²) in [6.07, 6.45) is 2.00. The average molecular weight is 493 g/mol. The largest absolute Gasteiger partial charge is 0.494 e. The van der Waals surface area contributed by atoms with Crippen molar-refractivity contribution in [2.75, 3.05) is 26.4 Å². The summed E-state index contributed by atoms with van der Waals surface area (Å²) in [6.45, 7) is 7.04. The van der Waals surface area contributed by atoms with E-state index in [1.165, 1.54) is 12.1 Å². The smallest absolute Gasteiger partial charge is 0.307 e. The number of rotatable bonds is 12. The first kappa shape index (κ1) is 25.9. The minimum absolute atomic E-state index is 0.0675. The lowest BCUT2D eigenvalue weighted by atomic mass is 10.1. The van der Waals surface area contributed by atoms with E-state index >= 15 is 0 Å². The number of carbonyl (C=O) groups excluding carboxylic acids is 2. The van der Waals surface area contributed by atoms with Crippen LogP contribution >= 0.6 is 0 Å². The molecule has 0 spiro atoms. The number of hydrogen-bond acceptors (Lipinski definition) is 7. The molecule has 1 aliphatic rings. The zero-order valence-corrected chi connectivity index (χ0v) is 20.7. The summed E-state index contributed by atoms with van der Waals surface area (Å²) < 4.78 is 45.2. The molecular weight excluding hydrogens is 460 g/mol. The van der Waals surface area contributed by atoms with E-state index in [1.807, 2.05) is 20.8 Å². The van der Waals surface area contributed by atoms with Gasteiger partial charge in [-0.2, -0.15) is 0 Å². The quantitative estimate of drug-likeness (QED) is 0.358. The van der Waals surface area contributed by atoms with Crippen molar-refractivity contribution in [3.05, 3.63) is 47.3 Å². The van der Waals surface area contributed by atoms with Crippen molar-refractivity contribution >= 4 is 21.8 Å². The predicted molar refractivity (Wildman–Crippen MR) is 126 cm³/mol. The molecule has 1 aliphatic heterocycles. The molecule has 1 atom stereocenters. The van der Waals surface area contributed by atoms with E-state index in [9.17, 15) is 18.0 Å². The number of carbonyl (C=O) groups is 2. The highest BCUT2D eigenvalue weighted by Crippen LogP contribution is 2.21. The molecular formula is C24H32N2O7S. The fourth-order valence-electron chi connectivity index (χ4n) is 3.90. The number of aromatic nitrogens is 1. The first-order valence-electron chi connectivity index (χ1n) is 11.4. The molecule has 34 heavy (non-hydrogen) atoms. The SMILES string of the molecule is CCOc1ccc(S(=O)(=O)NCCC(=O)OCC(=O)c2cc(C)n(CC3CCCO3)c2C)cc1. The highest BCUT2D eigenvalue weighted by Gasteiger charge is 2.22. The van der Waals surface area contributed by atoms with Crippen LogP contribution in [0.4, 0.5) is 0 Å². The molecule has 1 unspecified atom stereocenters. The molecule has 1 aromatic heterocycles. The van der Waals surface area contributed by atoms with E-state index in [2.05, 4.69) is 9.29 Å². The third-order valence-corrected chi connectivity index (χ3v) is 7.19. The third-order valence-electron chi connectivity index (χ3n) is 5.71. The van der Waals surface area contributed by atoms with Gasteiger partial charge in [0.15, 0.2) is 6.61 Å². The number of esters is 1. The van der Waals surface area contributed by atoms with Gasteiger partial charge >= 0.3 is 5.97 Å². The van der Waals surface area contributed by atoms with Crippen molar-refractivity contribution in [3.63, 3.8) is 0 Å². The van der Waals surface area contributed by atoms with Gasteiger partial charge in [0, 0.05) is 36.6 Å². The minimum atomic E-state index is -3.77. The van der Waals surface area contributed by atoms with Crippen LogP contribution in [-0.2, 0) is 30.8 Å². The highest BCUT2D eigenvalue weighted by molar-refractivity contribution is 7.89. The number of nitrogens with one attached hydrogen (secondary N) is 1. The van der Waals surface area contributed by atoms with Crippen molar-refractivity contribution in [2.45, 2.75) is 57.6 Å². The van der Waals surface area contributed by atoms with Crippen LogP contribution in [0.25, 0.3) is 0 Å². The van der Waals surface area contributed by atoms with E-state index in [1.54, 1.807) is 18.2 Å². The molecule has 1 aromatic carbocycles.